The largest absolute Gasteiger partial charge is 0.358 e. The minimum absolute atomic E-state index is 0.663. The maximum absolute atomic E-state index is 9.16. The van der Waals surface area contributed by atoms with E-state index in [2.05, 4.69) is 34.4 Å². The number of rotatable bonds is 4. The van der Waals surface area contributed by atoms with Crippen LogP contribution in [0.2, 0.25) is 0 Å². The number of thiophene rings is 1. The van der Waals surface area contributed by atoms with Gasteiger partial charge in [0.2, 0.25) is 0 Å². The van der Waals surface area contributed by atoms with E-state index in [1.165, 1.54) is 36.0 Å². The maximum atomic E-state index is 9.16. The van der Waals surface area contributed by atoms with Gasteiger partial charge in [0.15, 0.2) is 0 Å². The highest BCUT2D eigenvalue weighted by Gasteiger charge is 2.16. The van der Waals surface area contributed by atoms with E-state index in [1.807, 2.05) is 18.2 Å². The van der Waals surface area contributed by atoms with Gasteiger partial charge in [0.05, 0.1) is 17.1 Å². The molecule has 0 amide bonds. The predicted octanol–water partition coefficient (Wildman–Crippen LogP) is 3.85. The normalized spacial score (nSPS) is 15.2. The second kappa shape index (κ2) is 6.39. The molecule has 0 aliphatic carbocycles. The highest BCUT2D eigenvalue weighted by molar-refractivity contribution is 7.18. The lowest BCUT2D eigenvalue weighted by molar-refractivity contribution is 0.346. The summed E-state index contributed by atoms with van der Waals surface area (Å²) in [5.74, 6) is 1.02. The molecule has 0 saturated carbocycles. The average molecular weight is 336 g/mol. The first-order chi connectivity index (χ1) is 11.8. The van der Waals surface area contributed by atoms with Crippen molar-refractivity contribution in [3.05, 3.63) is 35.2 Å². The van der Waals surface area contributed by atoms with E-state index in [0.29, 0.717) is 5.56 Å². The van der Waals surface area contributed by atoms with Crippen LogP contribution in [-0.4, -0.2) is 43.1 Å². The van der Waals surface area contributed by atoms with Crippen molar-refractivity contribution in [1.82, 2.24) is 9.88 Å². The van der Waals surface area contributed by atoms with E-state index in [9.17, 15) is 0 Å². The molecule has 0 radical (unpaired) electrons. The summed E-state index contributed by atoms with van der Waals surface area (Å²) in [6.07, 6.45) is 2.65. The number of likely N-dealkylation sites (N-methyl/N-ethyl adjacent to an activating group) is 1. The SMILES string of the molecule is CN(CCN1CCCC1)c1nc2cc(C#N)ccc2c2sccc12. The molecule has 5 heteroatoms. The quantitative estimate of drug-likeness (QED) is 0.726. The molecule has 4 rings (SSSR count). The first-order valence-corrected chi connectivity index (χ1v) is 9.29. The van der Waals surface area contributed by atoms with Crippen molar-refractivity contribution >= 4 is 38.1 Å². The minimum Gasteiger partial charge on any atom is -0.358 e. The Labute approximate surface area is 145 Å². The standard InChI is InChI=1S/C19H20N4S/c1-22(9-10-23-7-2-3-8-23)19-16-6-11-24-18(16)15-5-4-14(13-20)12-17(15)21-19/h4-6,11-12H,2-3,7-10H2,1H3. The molecular formula is C19H20N4S. The Morgan fingerprint density at radius 2 is 2.08 bits per heavy atom. The number of hydrogen-bond acceptors (Lipinski definition) is 5. The lowest BCUT2D eigenvalue weighted by atomic mass is 10.1. The van der Waals surface area contributed by atoms with Gasteiger partial charge in [-0.2, -0.15) is 5.26 Å². The summed E-state index contributed by atoms with van der Waals surface area (Å²) in [6, 6.07) is 10.2. The second-order valence-corrected chi connectivity index (χ2v) is 7.33. The molecule has 122 valence electrons. The number of anilines is 1. The summed E-state index contributed by atoms with van der Waals surface area (Å²) >= 11 is 1.75. The molecule has 24 heavy (non-hydrogen) atoms. The second-order valence-electron chi connectivity index (χ2n) is 6.41. The number of aromatic nitrogens is 1. The summed E-state index contributed by atoms with van der Waals surface area (Å²) in [6.45, 7) is 4.50. The van der Waals surface area contributed by atoms with E-state index < -0.39 is 0 Å². The number of fused-ring (bicyclic) bond motifs is 3. The fourth-order valence-corrected chi connectivity index (χ4v) is 4.37. The molecule has 0 spiro atoms. The van der Waals surface area contributed by atoms with Gasteiger partial charge in [0.1, 0.15) is 5.82 Å². The van der Waals surface area contributed by atoms with Crippen LogP contribution in [0.1, 0.15) is 18.4 Å². The van der Waals surface area contributed by atoms with Crippen molar-refractivity contribution in [1.29, 1.82) is 5.26 Å². The van der Waals surface area contributed by atoms with Gasteiger partial charge in [-0.3, -0.25) is 0 Å². The average Bonchev–Trinajstić information content (AvgIpc) is 3.29. The van der Waals surface area contributed by atoms with Gasteiger partial charge in [-0.25, -0.2) is 4.98 Å². The van der Waals surface area contributed by atoms with Crippen molar-refractivity contribution in [3.63, 3.8) is 0 Å². The van der Waals surface area contributed by atoms with Gasteiger partial charge in [0, 0.05) is 35.6 Å². The fraction of sp³-hybridized carbons (Fsp3) is 0.368. The Morgan fingerprint density at radius 1 is 1.25 bits per heavy atom. The third kappa shape index (κ3) is 2.72. The van der Waals surface area contributed by atoms with Crippen LogP contribution in [0.15, 0.2) is 29.6 Å². The molecule has 0 N–H and O–H groups in total. The van der Waals surface area contributed by atoms with Crippen LogP contribution >= 0.6 is 11.3 Å². The zero-order chi connectivity index (χ0) is 16.5. The monoisotopic (exact) mass is 336 g/mol. The lowest BCUT2D eigenvalue weighted by Crippen LogP contribution is -2.31. The van der Waals surface area contributed by atoms with E-state index in [1.54, 1.807) is 11.3 Å². The van der Waals surface area contributed by atoms with Crippen LogP contribution in [0.4, 0.5) is 5.82 Å². The number of hydrogen-bond donors (Lipinski definition) is 0. The van der Waals surface area contributed by atoms with Gasteiger partial charge in [-0.05, 0) is 49.5 Å². The van der Waals surface area contributed by atoms with Crippen LogP contribution < -0.4 is 4.90 Å². The summed E-state index contributed by atoms with van der Waals surface area (Å²) in [7, 11) is 2.12. The highest BCUT2D eigenvalue weighted by Crippen LogP contribution is 2.35. The third-order valence-electron chi connectivity index (χ3n) is 4.82. The smallest absolute Gasteiger partial charge is 0.137 e. The summed E-state index contributed by atoms with van der Waals surface area (Å²) in [4.78, 5) is 9.67. The van der Waals surface area contributed by atoms with Gasteiger partial charge < -0.3 is 9.80 Å². The zero-order valence-electron chi connectivity index (χ0n) is 13.8. The van der Waals surface area contributed by atoms with Crippen molar-refractivity contribution in [2.24, 2.45) is 0 Å². The zero-order valence-corrected chi connectivity index (χ0v) is 14.6. The number of nitriles is 1. The highest BCUT2D eigenvalue weighted by atomic mass is 32.1. The Kier molecular flexibility index (Phi) is 4.09. The molecule has 1 aliphatic heterocycles. The van der Waals surface area contributed by atoms with Crippen molar-refractivity contribution in [2.75, 3.05) is 38.1 Å². The van der Waals surface area contributed by atoms with Crippen LogP contribution in [0, 0.1) is 11.3 Å². The Hall–Kier alpha value is -2.16. The molecule has 1 fully saturated rings. The summed E-state index contributed by atoms with van der Waals surface area (Å²) in [5, 5.41) is 13.6. The molecule has 0 atom stereocenters. The van der Waals surface area contributed by atoms with Crippen LogP contribution in [-0.2, 0) is 0 Å². The molecule has 0 bridgehead atoms. The molecular weight excluding hydrogens is 316 g/mol. The van der Waals surface area contributed by atoms with Gasteiger partial charge in [0.25, 0.3) is 0 Å². The molecule has 1 saturated heterocycles. The molecule has 1 aromatic carbocycles. The molecule has 3 aromatic rings. The first-order valence-electron chi connectivity index (χ1n) is 8.41. The third-order valence-corrected chi connectivity index (χ3v) is 5.76. The fourth-order valence-electron chi connectivity index (χ4n) is 3.45. The van der Waals surface area contributed by atoms with Crippen LogP contribution in [0.5, 0.6) is 0 Å². The number of benzene rings is 1. The minimum atomic E-state index is 0.663. The molecule has 0 unspecified atom stereocenters. The van der Waals surface area contributed by atoms with Crippen LogP contribution in [0.25, 0.3) is 21.0 Å². The van der Waals surface area contributed by atoms with Crippen LogP contribution in [0.3, 0.4) is 0 Å². The summed E-state index contributed by atoms with van der Waals surface area (Å²) < 4.78 is 1.26. The van der Waals surface area contributed by atoms with Gasteiger partial charge in [-0.1, -0.05) is 6.07 Å². The number of likely N-dealkylation sites (tertiary alicyclic amines) is 1. The Morgan fingerprint density at radius 3 is 2.88 bits per heavy atom. The van der Waals surface area contributed by atoms with Crippen molar-refractivity contribution < 1.29 is 0 Å². The molecule has 4 nitrogen and oxygen atoms in total. The van der Waals surface area contributed by atoms with E-state index in [-0.39, 0.29) is 0 Å². The van der Waals surface area contributed by atoms with E-state index in [4.69, 9.17) is 10.2 Å². The summed E-state index contributed by atoms with van der Waals surface area (Å²) in [5.41, 5.74) is 1.57. The molecule has 3 heterocycles. The van der Waals surface area contributed by atoms with Gasteiger partial charge >= 0.3 is 0 Å². The number of pyridine rings is 1. The first kappa shape index (κ1) is 15.4. The lowest BCUT2D eigenvalue weighted by Gasteiger charge is -2.23. The predicted molar refractivity (Wildman–Crippen MR) is 101 cm³/mol. The van der Waals surface area contributed by atoms with E-state index in [0.717, 1.165) is 29.8 Å². The Bertz CT molecular complexity index is 918. The van der Waals surface area contributed by atoms with Crippen molar-refractivity contribution in [3.8, 4) is 6.07 Å². The number of nitrogens with zero attached hydrogens (tertiary/aromatic N) is 4. The Balaban J connectivity index is 1.72. The maximum Gasteiger partial charge on any atom is 0.137 e. The molecule has 1 aliphatic rings. The van der Waals surface area contributed by atoms with Gasteiger partial charge in [-0.15, -0.1) is 11.3 Å². The van der Waals surface area contributed by atoms with E-state index >= 15 is 0 Å². The molecule has 2 aromatic heterocycles. The van der Waals surface area contributed by atoms with Crippen molar-refractivity contribution in [2.45, 2.75) is 12.8 Å². The topological polar surface area (TPSA) is 43.2 Å².